The molecular formula is C18H26ClFN2O4S. The van der Waals surface area contributed by atoms with Gasteiger partial charge in [0.05, 0.1) is 6.10 Å². The topological polar surface area (TPSA) is 84.5 Å². The highest BCUT2D eigenvalue weighted by molar-refractivity contribution is 7.92. The average Bonchev–Trinajstić information content (AvgIpc) is 3.10. The van der Waals surface area contributed by atoms with Crippen LogP contribution in [0.2, 0.25) is 0 Å². The standard InChI is InChI=1S/C18H25FN2O4S.ClH/c1-26(23,24)18(8-10-20-11-9-18)17(22)21-13-6-7-16(15(19)12-13)25-14-4-2-3-5-14;/h6-7,12,14,20H,2-5,8-11H2,1H3,(H,21,22);1H. The van der Waals surface area contributed by atoms with E-state index in [-0.39, 0.29) is 42.8 Å². The van der Waals surface area contributed by atoms with E-state index >= 15 is 0 Å². The lowest BCUT2D eigenvalue weighted by Crippen LogP contribution is -2.55. The minimum atomic E-state index is -3.61. The molecule has 0 spiro atoms. The minimum absolute atomic E-state index is 0. The van der Waals surface area contributed by atoms with Gasteiger partial charge in [-0.2, -0.15) is 0 Å². The number of nitrogens with one attached hydrogen (secondary N) is 2. The number of hydrogen-bond acceptors (Lipinski definition) is 5. The molecule has 1 amide bonds. The van der Waals surface area contributed by atoms with Crippen molar-refractivity contribution in [3.8, 4) is 5.75 Å². The molecule has 0 bridgehead atoms. The second-order valence-electron chi connectivity index (χ2n) is 7.14. The Morgan fingerprint density at radius 1 is 1.26 bits per heavy atom. The van der Waals surface area contributed by atoms with Crippen molar-refractivity contribution in [1.29, 1.82) is 0 Å². The molecule has 0 unspecified atom stereocenters. The summed E-state index contributed by atoms with van der Waals surface area (Å²) >= 11 is 0. The Labute approximate surface area is 165 Å². The molecule has 3 rings (SSSR count). The summed E-state index contributed by atoms with van der Waals surface area (Å²) in [6, 6.07) is 4.21. The highest BCUT2D eigenvalue weighted by Gasteiger charge is 2.48. The normalized spacial score (nSPS) is 19.9. The van der Waals surface area contributed by atoms with Gasteiger partial charge < -0.3 is 15.4 Å². The second-order valence-corrected chi connectivity index (χ2v) is 9.47. The molecule has 1 aromatic rings. The number of piperidine rings is 1. The van der Waals surface area contributed by atoms with Crippen LogP contribution in [-0.2, 0) is 14.6 Å². The average molecular weight is 421 g/mol. The summed E-state index contributed by atoms with van der Waals surface area (Å²) in [4.78, 5) is 12.7. The van der Waals surface area contributed by atoms with Crippen LogP contribution in [0.5, 0.6) is 5.75 Å². The Kier molecular flexibility index (Phi) is 7.10. The molecule has 0 atom stereocenters. The zero-order valence-electron chi connectivity index (χ0n) is 15.3. The van der Waals surface area contributed by atoms with Gasteiger partial charge in [-0.3, -0.25) is 4.79 Å². The SMILES string of the molecule is CS(=O)(=O)C1(C(=O)Nc2ccc(OC3CCCC3)c(F)c2)CCNCC1.Cl. The number of ether oxygens (including phenoxy) is 1. The summed E-state index contributed by atoms with van der Waals surface area (Å²) in [5.41, 5.74) is 0.229. The molecule has 6 nitrogen and oxygen atoms in total. The van der Waals surface area contributed by atoms with E-state index in [9.17, 15) is 17.6 Å². The number of benzene rings is 1. The van der Waals surface area contributed by atoms with Crippen LogP contribution in [0.4, 0.5) is 10.1 Å². The Morgan fingerprint density at radius 3 is 2.44 bits per heavy atom. The number of hydrogen-bond donors (Lipinski definition) is 2. The molecule has 2 aliphatic rings. The van der Waals surface area contributed by atoms with Crippen molar-refractivity contribution in [2.24, 2.45) is 0 Å². The van der Waals surface area contributed by atoms with Gasteiger partial charge in [-0.1, -0.05) is 0 Å². The van der Waals surface area contributed by atoms with Crippen molar-refractivity contribution in [3.63, 3.8) is 0 Å². The van der Waals surface area contributed by atoms with E-state index in [0.717, 1.165) is 31.9 Å². The van der Waals surface area contributed by atoms with E-state index < -0.39 is 26.3 Å². The van der Waals surface area contributed by atoms with Crippen LogP contribution in [0.3, 0.4) is 0 Å². The molecule has 1 saturated carbocycles. The van der Waals surface area contributed by atoms with Crippen molar-refractivity contribution in [2.45, 2.75) is 49.4 Å². The fraction of sp³-hybridized carbons (Fsp3) is 0.611. The predicted molar refractivity (Wildman–Crippen MR) is 105 cm³/mol. The number of carbonyl (C=O) groups is 1. The Morgan fingerprint density at radius 2 is 1.89 bits per heavy atom. The smallest absolute Gasteiger partial charge is 0.245 e. The zero-order valence-corrected chi connectivity index (χ0v) is 16.9. The summed E-state index contributed by atoms with van der Waals surface area (Å²) in [7, 11) is -3.61. The van der Waals surface area contributed by atoms with Gasteiger partial charge in [0, 0.05) is 18.0 Å². The molecule has 1 aliphatic heterocycles. The molecule has 1 aromatic carbocycles. The molecule has 2 fully saturated rings. The van der Waals surface area contributed by atoms with Gasteiger partial charge in [0.2, 0.25) is 5.91 Å². The lowest BCUT2D eigenvalue weighted by Gasteiger charge is -2.34. The molecule has 1 aliphatic carbocycles. The van der Waals surface area contributed by atoms with Crippen molar-refractivity contribution < 1.29 is 22.3 Å². The molecule has 2 N–H and O–H groups in total. The van der Waals surface area contributed by atoms with Crippen molar-refractivity contribution in [1.82, 2.24) is 5.32 Å². The fourth-order valence-electron chi connectivity index (χ4n) is 3.70. The van der Waals surface area contributed by atoms with Crippen LogP contribution in [0, 0.1) is 5.82 Å². The number of anilines is 1. The monoisotopic (exact) mass is 420 g/mol. The van der Waals surface area contributed by atoms with E-state index in [1.807, 2.05) is 0 Å². The Balaban J connectivity index is 0.00000261. The van der Waals surface area contributed by atoms with E-state index in [4.69, 9.17) is 4.74 Å². The van der Waals surface area contributed by atoms with E-state index in [2.05, 4.69) is 10.6 Å². The summed E-state index contributed by atoms with van der Waals surface area (Å²) in [5.74, 6) is -1.01. The van der Waals surface area contributed by atoms with Gasteiger partial charge in [-0.05, 0) is 63.7 Å². The molecule has 9 heteroatoms. The maximum Gasteiger partial charge on any atom is 0.245 e. The predicted octanol–water partition coefficient (Wildman–Crippen LogP) is 2.67. The molecule has 27 heavy (non-hydrogen) atoms. The number of amides is 1. The molecular weight excluding hydrogens is 395 g/mol. The van der Waals surface area contributed by atoms with Gasteiger partial charge in [0.1, 0.15) is 0 Å². The van der Waals surface area contributed by atoms with Crippen LogP contribution in [0.15, 0.2) is 18.2 Å². The zero-order chi connectivity index (χ0) is 18.8. The number of carbonyl (C=O) groups excluding carboxylic acids is 1. The van der Waals surface area contributed by atoms with E-state index in [1.54, 1.807) is 6.07 Å². The Bertz CT molecular complexity index is 776. The van der Waals surface area contributed by atoms with Crippen LogP contribution >= 0.6 is 12.4 Å². The van der Waals surface area contributed by atoms with Crippen LogP contribution in [-0.4, -0.2) is 44.5 Å². The first kappa shape index (κ1) is 21.9. The molecule has 152 valence electrons. The lowest BCUT2D eigenvalue weighted by molar-refractivity contribution is -0.119. The van der Waals surface area contributed by atoms with Crippen LogP contribution in [0.1, 0.15) is 38.5 Å². The number of sulfone groups is 1. The highest BCUT2D eigenvalue weighted by atomic mass is 35.5. The third-order valence-electron chi connectivity index (χ3n) is 5.32. The largest absolute Gasteiger partial charge is 0.487 e. The number of rotatable bonds is 5. The molecule has 0 aromatic heterocycles. The van der Waals surface area contributed by atoms with Gasteiger partial charge in [-0.25, -0.2) is 12.8 Å². The molecule has 0 radical (unpaired) electrons. The molecule has 1 saturated heterocycles. The lowest BCUT2D eigenvalue weighted by atomic mass is 9.95. The first-order chi connectivity index (χ1) is 12.3. The van der Waals surface area contributed by atoms with Gasteiger partial charge in [0.25, 0.3) is 0 Å². The summed E-state index contributed by atoms with van der Waals surface area (Å²) in [6.45, 7) is 0.895. The molecule has 1 heterocycles. The maximum absolute atomic E-state index is 14.3. The quantitative estimate of drug-likeness (QED) is 0.765. The summed E-state index contributed by atoms with van der Waals surface area (Å²) in [5, 5.41) is 5.64. The van der Waals surface area contributed by atoms with Gasteiger partial charge >= 0.3 is 0 Å². The van der Waals surface area contributed by atoms with Crippen LogP contribution < -0.4 is 15.4 Å². The van der Waals surface area contributed by atoms with E-state index in [0.29, 0.717) is 13.1 Å². The third kappa shape index (κ3) is 4.73. The van der Waals surface area contributed by atoms with Gasteiger partial charge in [0.15, 0.2) is 26.2 Å². The minimum Gasteiger partial charge on any atom is -0.487 e. The second kappa shape index (κ2) is 8.75. The van der Waals surface area contributed by atoms with Crippen molar-refractivity contribution in [2.75, 3.05) is 24.7 Å². The maximum atomic E-state index is 14.3. The van der Waals surface area contributed by atoms with Crippen molar-refractivity contribution in [3.05, 3.63) is 24.0 Å². The van der Waals surface area contributed by atoms with Crippen molar-refractivity contribution >= 4 is 33.8 Å². The first-order valence-electron chi connectivity index (χ1n) is 9.00. The summed E-state index contributed by atoms with van der Waals surface area (Å²) in [6.07, 6.45) is 5.52. The fourth-order valence-corrected chi connectivity index (χ4v) is 5.04. The van der Waals surface area contributed by atoms with Gasteiger partial charge in [-0.15, -0.1) is 12.4 Å². The first-order valence-corrected chi connectivity index (χ1v) is 10.9. The summed E-state index contributed by atoms with van der Waals surface area (Å²) < 4.78 is 43.1. The third-order valence-corrected chi connectivity index (χ3v) is 7.33. The highest BCUT2D eigenvalue weighted by Crippen LogP contribution is 2.31. The number of halogens is 2. The Hall–Kier alpha value is -1.38. The van der Waals surface area contributed by atoms with Crippen LogP contribution in [0.25, 0.3) is 0 Å². The van der Waals surface area contributed by atoms with E-state index in [1.165, 1.54) is 12.1 Å².